The van der Waals surface area contributed by atoms with Crippen molar-refractivity contribution in [1.82, 2.24) is 10.2 Å². The van der Waals surface area contributed by atoms with Crippen molar-refractivity contribution in [3.05, 3.63) is 35.9 Å². The molecule has 3 atom stereocenters. The van der Waals surface area contributed by atoms with E-state index in [-0.39, 0.29) is 18.1 Å². The molecule has 1 aliphatic heterocycles. The monoisotopic (exact) mass is 262 g/mol. The minimum atomic E-state index is -0.125. The average molecular weight is 262 g/mol. The molecule has 1 aromatic rings. The summed E-state index contributed by atoms with van der Waals surface area (Å²) in [4.78, 5) is 14.2. The van der Waals surface area contributed by atoms with Gasteiger partial charge in [-0.3, -0.25) is 10.1 Å². The molecule has 1 aliphatic rings. The lowest BCUT2D eigenvalue weighted by atomic mass is 10.1. The second-order valence-corrected chi connectivity index (χ2v) is 5.25. The van der Waals surface area contributed by atoms with Crippen molar-refractivity contribution in [3.8, 4) is 0 Å². The van der Waals surface area contributed by atoms with Gasteiger partial charge in [0.2, 0.25) is 5.91 Å². The SMILES string of the molecule is COCC(C)CN1C(=O)C(C)NC1c1ccccc1. The van der Waals surface area contributed by atoms with Crippen LogP contribution in [0.4, 0.5) is 0 Å². The van der Waals surface area contributed by atoms with Crippen LogP contribution in [0.1, 0.15) is 25.6 Å². The minimum absolute atomic E-state index is 0.0250. The zero-order chi connectivity index (χ0) is 13.8. The third-order valence-electron chi connectivity index (χ3n) is 3.45. The maximum Gasteiger partial charge on any atom is 0.241 e. The summed E-state index contributed by atoms with van der Waals surface area (Å²) in [6.07, 6.45) is -0.0250. The number of methoxy groups -OCH3 is 1. The highest BCUT2D eigenvalue weighted by Gasteiger charge is 2.37. The number of hydrogen-bond acceptors (Lipinski definition) is 3. The molecule has 0 bridgehead atoms. The van der Waals surface area contributed by atoms with Crippen LogP contribution in [-0.4, -0.2) is 37.1 Å². The summed E-state index contributed by atoms with van der Waals surface area (Å²) in [5.41, 5.74) is 1.13. The Morgan fingerprint density at radius 3 is 2.68 bits per heavy atom. The zero-order valence-electron chi connectivity index (χ0n) is 11.8. The molecule has 19 heavy (non-hydrogen) atoms. The molecule has 1 heterocycles. The van der Waals surface area contributed by atoms with E-state index in [1.807, 2.05) is 30.0 Å². The van der Waals surface area contributed by atoms with Gasteiger partial charge in [-0.05, 0) is 18.4 Å². The van der Waals surface area contributed by atoms with Gasteiger partial charge in [-0.1, -0.05) is 37.3 Å². The van der Waals surface area contributed by atoms with Gasteiger partial charge in [0.15, 0.2) is 0 Å². The predicted octanol–water partition coefficient (Wildman–Crippen LogP) is 1.79. The Labute approximate surface area is 114 Å². The lowest BCUT2D eigenvalue weighted by molar-refractivity contribution is -0.130. The van der Waals surface area contributed by atoms with Crippen molar-refractivity contribution >= 4 is 5.91 Å². The first kappa shape index (κ1) is 14.0. The molecular weight excluding hydrogens is 240 g/mol. The lowest BCUT2D eigenvalue weighted by Gasteiger charge is -2.27. The largest absolute Gasteiger partial charge is 0.384 e. The van der Waals surface area contributed by atoms with Crippen molar-refractivity contribution in [2.45, 2.75) is 26.1 Å². The van der Waals surface area contributed by atoms with E-state index in [9.17, 15) is 4.79 Å². The number of nitrogens with zero attached hydrogens (tertiary/aromatic N) is 1. The highest BCUT2D eigenvalue weighted by atomic mass is 16.5. The van der Waals surface area contributed by atoms with Crippen LogP contribution >= 0.6 is 0 Å². The van der Waals surface area contributed by atoms with E-state index < -0.39 is 0 Å². The van der Waals surface area contributed by atoms with Crippen molar-refractivity contribution in [2.75, 3.05) is 20.3 Å². The van der Waals surface area contributed by atoms with E-state index >= 15 is 0 Å². The van der Waals surface area contributed by atoms with E-state index in [4.69, 9.17) is 4.74 Å². The molecule has 1 fully saturated rings. The first-order valence-corrected chi connectivity index (χ1v) is 6.74. The molecule has 0 aliphatic carbocycles. The minimum Gasteiger partial charge on any atom is -0.384 e. The molecule has 0 radical (unpaired) electrons. The Kier molecular flexibility index (Phi) is 4.56. The number of rotatable bonds is 5. The normalized spacial score (nSPS) is 24.8. The van der Waals surface area contributed by atoms with Gasteiger partial charge in [0.05, 0.1) is 12.6 Å². The highest BCUT2D eigenvalue weighted by Crippen LogP contribution is 2.26. The van der Waals surface area contributed by atoms with Crippen LogP contribution in [0, 0.1) is 5.92 Å². The zero-order valence-corrected chi connectivity index (χ0v) is 11.8. The van der Waals surface area contributed by atoms with Crippen LogP contribution in [0.5, 0.6) is 0 Å². The summed E-state index contributed by atoms with van der Waals surface area (Å²) in [7, 11) is 1.69. The average Bonchev–Trinajstić information content (AvgIpc) is 2.68. The van der Waals surface area contributed by atoms with Gasteiger partial charge in [0.1, 0.15) is 6.17 Å². The molecule has 0 aromatic heterocycles. The molecule has 2 rings (SSSR count). The van der Waals surface area contributed by atoms with Crippen LogP contribution in [0.2, 0.25) is 0 Å². The summed E-state index contributed by atoms with van der Waals surface area (Å²) >= 11 is 0. The van der Waals surface area contributed by atoms with Gasteiger partial charge < -0.3 is 9.64 Å². The number of carbonyl (C=O) groups excluding carboxylic acids is 1. The Bertz CT molecular complexity index is 421. The number of ether oxygens (including phenoxy) is 1. The summed E-state index contributed by atoms with van der Waals surface area (Å²) in [6.45, 7) is 5.39. The Morgan fingerprint density at radius 2 is 2.05 bits per heavy atom. The summed E-state index contributed by atoms with van der Waals surface area (Å²) in [5.74, 6) is 0.490. The van der Waals surface area contributed by atoms with Gasteiger partial charge >= 0.3 is 0 Å². The van der Waals surface area contributed by atoms with Crippen LogP contribution in [0.25, 0.3) is 0 Å². The fraction of sp³-hybridized carbons (Fsp3) is 0.533. The Balaban J connectivity index is 2.15. The van der Waals surface area contributed by atoms with Gasteiger partial charge in [0.25, 0.3) is 0 Å². The summed E-state index contributed by atoms with van der Waals surface area (Å²) in [5, 5.41) is 3.35. The molecule has 1 N–H and O–H groups in total. The topological polar surface area (TPSA) is 41.6 Å². The molecule has 1 aromatic carbocycles. The lowest BCUT2D eigenvalue weighted by Crippen LogP contribution is -2.35. The Morgan fingerprint density at radius 1 is 1.37 bits per heavy atom. The van der Waals surface area contributed by atoms with Gasteiger partial charge in [0, 0.05) is 13.7 Å². The number of amides is 1. The van der Waals surface area contributed by atoms with Gasteiger partial charge in [-0.15, -0.1) is 0 Å². The fourth-order valence-corrected chi connectivity index (χ4v) is 2.55. The molecule has 0 saturated carbocycles. The van der Waals surface area contributed by atoms with Crippen molar-refractivity contribution in [3.63, 3.8) is 0 Å². The summed E-state index contributed by atoms with van der Waals surface area (Å²) < 4.78 is 5.16. The smallest absolute Gasteiger partial charge is 0.241 e. The molecule has 0 spiro atoms. The van der Waals surface area contributed by atoms with Crippen LogP contribution in [0.15, 0.2) is 30.3 Å². The van der Waals surface area contributed by atoms with E-state index in [1.54, 1.807) is 7.11 Å². The standard InChI is InChI=1S/C15H22N2O2/c1-11(10-19-3)9-17-14(16-12(2)15(17)18)13-7-5-4-6-8-13/h4-8,11-12,14,16H,9-10H2,1-3H3. The second-order valence-electron chi connectivity index (χ2n) is 5.25. The van der Waals surface area contributed by atoms with E-state index in [0.29, 0.717) is 19.1 Å². The van der Waals surface area contributed by atoms with E-state index in [0.717, 1.165) is 5.56 Å². The highest BCUT2D eigenvalue weighted by molar-refractivity contribution is 5.84. The Hall–Kier alpha value is -1.39. The number of carbonyl (C=O) groups is 1. The van der Waals surface area contributed by atoms with Gasteiger partial charge in [-0.2, -0.15) is 0 Å². The molecule has 3 unspecified atom stereocenters. The third kappa shape index (κ3) is 3.14. The molecule has 4 nitrogen and oxygen atoms in total. The van der Waals surface area contributed by atoms with Crippen molar-refractivity contribution in [1.29, 1.82) is 0 Å². The molecule has 1 amide bonds. The third-order valence-corrected chi connectivity index (χ3v) is 3.45. The maximum atomic E-state index is 12.3. The summed E-state index contributed by atoms with van der Waals surface area (Å²) in [6, 6.07) is 9.97. The molecular formula is C15H22N2O2. The van der Waals surface area contributed by atoms with E-state index in [1.165, 1.54) is 0 Å². The van der Waals surface area contributed by atoms with Crippen molar-refractivity contribution < 1.29 is 9.53 Å². The predicted molar refractivity (Wildman–Crippen MR) is 74.5 cm³/mol. The van der Waals surface area contributed by atoms with E-state index in [2.05, 4.69) is 24.4 Å². The molecule has 4 heteroatoms. The van der Waals surface area contributed by atoms with Crippen LogP contribution in [0.3, 0.4) is 0 Å². The van der Waals surface area contributed by atoms with Gasteiger partial charge in [-0.25, -0.2) is 0 Å². The first-order chi connectivity index (χ1) is 9.13. The number of benzene rings is 1. The van der Waals surface area contributed by atoms with Crippen molar-refractivity contribution in [2.24, 2.45) is 5.92 Å². The quantitative estimate of drug-likeness (QED) is 0.879. The first-order valence-electron chi connectivity index (χ1n) is 6.74. The molecule has 104 valence electrons. The fourth-order valence-electron chi connectivity index (χ4n) is 2.55. The maximum absolute atomic E-state index is 12.3. The van der Waals surface area contributed by atoms with Crippen LogP contribution < -0.4 is 5.32 Å². The molecule has 1 saturated heterocycles. The number of nitrogens with one attached hydrogen (secondary N) is 1. The van der Waals surface area contributed by atoms with Crippen LogP contribution in [-0.2, 0) is 9.53 Å². The number of hydrogen-bond donors (Lipinski definition) is 1. The second kappa shape index (κ2) is 6.17.